The highest BCUT2D eigenvalue weighted by atomic mass is 32.1. The Bertz CT molecular complexity index is 1130. The summed E-state index contributed by atoms with van der Waals surface area (Å²) in [6.07, 6.45) is 0.0951. The third-order valence-electron chi connectivity index (χ3n) is 4.01. The van der Waals surface area contributed by atoms with E-state index in [0.717, 1.165) is 26.5 Å². The Balaban J connectivity index is 1.79. The number of nitrogens with zero attached hydrogens (tertiary/aromatic N) is 3. The van der Waals surface area contributed by atoms with Crippen LogP contribution in [0.4, 0.5) is 5.13 Å². The average molecular weight is 400 g/mol. The molecule has 2 heterocycles. The van der Waals surface area contributed by atoms with Gasteiger partial charge in [-0.05, 0) is 38.1 Å². The normalized spacial score (nSPS) is 10.9. The fraction of sp³-hybridized carbons (Fsp3) is 0.263. The molecule has 9 heteroatoms. The second-order valence-corrected chi connectivity index (χ2v) is 7.31. The van der Waals surface area contributed by atoms with Crippen LogP contribution in [0.1, 0.15) is 24.3 Å². The molecule has 0 aliphatic heterocycles. The molecule has 0 spiro atoms. The number of ether oxygens (including phenoxy) is 1. The first kappa shape index (κ1) is 19.6. The SMILES string of the molecule is CC(C)Oc1ccc(-c2csc(NC(=O)c3cc(=O)n(C)c(=O)n3C)n2)cc1. The quantitative estimate of drug-likeness (QED) is 0.709. The molecule has 8 nitrogen and oxygen atoms in total. The van der Waals surface area contributed by atoms with Gasteiger partial charge in [-0.15, -0.1) is 11.3 Å². The van der Waals surface area contributed by atoms with Gasteiger partial charge in [0.15, 0.2) is 5.13 Å². The summed E-state index contributed by atoms with van der Waals surface area (Å²) in [5, 5.41) is 4.82. The minimum absolute atomic E-state index is 0.0277. The van der Waals surface area contributed by atoms with Gasteiger partial charge in [0.2, 0.25) is 0 Å². The molecule has 0 aliphatic rings. The van der Waals surface area contributed by atoms with Crippen LogP contribution < -0.4 is 21.3 Å². The topological polar surface area (TPSA) is 95.2 Å². The standard InChI is InChI=1S/C19H20N4O4S/c1-11(2)27-13-7-5-12(6-8-13)14-10-28-18(20-14)21-17(25)15-9-16(24)23(4)19(26)22(15)3/h5-11H,1-4H3,(H,20,21,25). The van der Waals surface area contributed by atoms with Gasteiger partial charge < -0.3 is 4.74 Å². The third kappa shape index (κ3) is 4.04. The maximum atomic E-state index is 12.5. The molecule has 3 rings (SSSR count). The molecule has 1 amide bonds. The smallest absolute Gasteiger partial charge is 0.331 e. The number of nitrogens with one attached hydrogen (secondary N) is 1. The van der Waals surface area contributed by atoms with Crippen molar-refractivity contribution in [3.8, 4) is 17.0 Å². The zero-order chi connectivity index (χ0) is 20.4. The second-order valence-electron chi connectivity index (χ2n) is 6.45. The molecule has 1 aromatic carbocycles. The van der Waals surface area contributed by atoms with Crippen LogP contribution in [0.2, 0.25) is 0 Å². The largest absolute Gasteiger partial charge is 0.491 e. The van der Waals surface area contributed by atoms with Crippen LogP contribution >= 0.6 is 11.3 Å². The van der Waals surface area contributed by atoms with Crippen molar-refractivity contribution >= 4 is 22.4 Å². The molecule has 0 unspecified atom stereocenters. The van der Waals surface area contributed by atoms with Crippen LogP contribution in [-0.4, -0.2) is 26.1 Å². The van der Waals surface area contributed by atoms with E-state index in [1.165, 1.54) is 25.4 Å². The molecule has 146 valence electrons. The lowest BCUT2D eigenvalue weighted by atomic mass is 10.2. The molecular formula is C19H20N4O4S. The predicted molar refractivity (Wildman–Crippen MR) is 108 cm³/mol. The molecule has 0 radical (unpaired) electrons. The van der Waals surface area contributed by atoms with Crippen molar-refractivity contribution in [2.75, 3.05) is 5.32 Å². The van der Waals surface area contributed by atoms with Crippen molar-refractivity contribution in [1.82, 2.24) is 14.1 Å². The van der Waals surface area contributed by atoms with Gasteiger partial charge in [-0.3, -0.25) is 24.0 Å². The number of amides is 1. The van der Waals surface area contributed by atoms with Crippen molar-refractivity contribution in [1.29, 1.82) is 0 Å². The monoisotopic (exact) mass is 400 g/mol. The van der Waals surface area contributed by atoms with E-state index in [0.29, 0.717) is 10.8 Å². The minimum atomic E-state index is -0.570. The lowest BCUT2D eigenvalue weighted by Gasteiger charge is -2.09. The Morgan fingerprint density at radius 2 is 1.82 bits per heavy atom. The van der Waals surface area contributed by atoms with Crippen LogP contribution in [0.25, 0.3) is 11.3 Å². The van der Waals surface area contributed by atoms with Crippen LogP contribution in [0.3, 0.4) is 0 Å². The number of anilines is 1. The van der Waals surface area contributed by atoms with Gasteiger partial charge in [0.25, 0.3) is 11.5 Å². The Labute approximate surface area is 165 Å². The molecule has 0 saturated carbocycles. The Morgan fingerprint density at radius 1 is 1.14 bits per heavy atom. The molecule has 0 atom stereocenters. The molecule has 0 bridgehead atoms. The van der Waals surface area contributed by atoms with Crippen molar-refractivity contribution in [2.24, 2.45) is 14.1 Å². The second kappa shape index (κ2) is 7.81. The van der Waals surface area contributed by atoms with Gasteiger partial charge in [-0.25, -0.2) is 9.78 Å². The number of aromatic nitrogens is 3. The fourth-order valence-electron chi connectivity index (χ4n) is 2.55. The highest BCUT2D eigenvalue weighted by Crippen LogP contribution is 2.27. The third-order valence-corrected chi connectivity index (χ3v) is 4.76. The van der Waals surface area contributed by atoms with Gasteiger partial charge in [0.1, 0.15) is 11.4 Å². The molecule has 2 aromatic heterocycles. The first-order valence-electron chi connectivity index (χ1n) is 8.57. The molecular weight excluding hydrogens is 380 g/mol. The summed E-state index contributed by atoms with van der Waals surface area (Å²) in [6.45, 7) is 3.92. The van der Waals surface area contributed by atoms with E-state index in [4.69, 9.17) is 4.74 Å². The van der Waals surface area contributed by atoms with Crippen molar-refractivity contribution < 1.29 is 9.53 Å². The zero-order valence-electron chi connectivity index (χ0n) is 15.9. The highest BCUT2D eigenvalue weighted by molar-refractivity contribution is 7.14. The number of carbonyl (C=O) groups excluding carboxylic acids is 1. The first-order chi connectivity index (χ1) is 13.3. The molecule has 28 heavy (non-hydrogen) atoms. The number of thiazole rings is 1. The lowest BCUT2D eigenvalue weighted by molar-refractivity contribution is 0.101. The lowest BCUT2D eigenvalue weighted by Crippen LogP contribution is -2.40. The minimum Gasteiger partial charge on any atom is -0.491 e. The summed E-state index contributed by atoms with van der Waals surface area (Å²) < 4.78 is 7.68. The first-order valence-corrected chi connectivity index (χ1v) is 9.45. The van der Waals surface area contributed by atoms with E-state index < -0.39 is 17.2 Å². The molecule has 3 aromatic rings. The van der Waals surface area contributed by atoms with Gasteiger partial charge >= 0.3 is 5.69 Å². The Hall–Kier alpha value is -3.20. The average Bonchev–Trinajstić information content (AvgIpc) is 3.11. The molecule has 0 saturated heterocycles. The van der Waals surface area contributed by atoms with Gasteiger partial charge in [0.05, 0.1) is 11.8 Å². The maximum absolute atomic E-state index is 12.5. The predicted octanol–water partition coefficient (Wildman–Crippen LogP) is 2.25. The summed E-state index contributed by atoms with van der Waals surface area (Å²) >= 11 is 1.25. The molecule has 1 N–H and O–H groups in total. The van der Waals surface area contributed by atoms with Crippen molar-refractivity contribution in [3.05, 3.63) is 62.2 Å². The Kier molecular flexibility index (Phi) is 5.46. The van der Waals surface area contributed by atoms with E-state index in [1.54, 1.807) is 0 Å². The van der Waals surface area contributed by atoms with Gasteiger partial charge in [-0.1, -0.05) is 0 Å². The summed E-state index contributed by atoms with van der Waals surface area (Å²) in [5.74, 6) is 0.202. The Morgan fingerprint density at radius 3 is 2.46 bits per heavy atom. The molecule has 0 aliphatic carbocycles. The van der Waals surface area contributed by atoms with E-state index in [1.807, 2.05) is 43.5 Å². The number of rotatable bonds is 5. The number of hydrogen-bond acceptors (Lipinski definition) is 6. The van der Waals surface area contributed by atoms with Gasteiger partial charge in [-0.2, -0.15) is 0 Å². The highest BCUT2D eigenvalue weighted by Gasteiger charge is 2.15. The van der Waals surface area contributed by atoms with Crippen LogP contribution in [0, 0.1) is 0 Å². The summed E-state index contributed by atoms with van der Waals surface area (Å²) in [4.78, 5) is 40.7. The van der Waals surface area contributed by atoms with Crippen LogP contribution in [0.15, 0.2) is 45.3 Å². The van der Waals surface area contributed by atoms with Crippen LogP contribution in [0.5, 0.6) is 5.75 Å². The van der Waals surface area contributed by atoms with Gasteiger partial charge in [0, 0.05) is 31.1 Å². The van der Waals surface area contributed by atoms with Crippen molar-refractivity contribution in [3.63, 3.8) is 0 Å². The zero-order valence-corrected chi connectivity index (χ0v) is 16.7. The summed E-state index contributed by atoms with van der Waals surface area (Å²) in [6, 6.07) is 8.63. The molecule has 0 fully saturated rings. The number of benzene rings is 1. The number of carbonyl (C=O) groups is 1. The summed E-state index contributed by atoms with van der Waals surface area (Å²) in [7, 11) is 2.79. The van der Waals surface area contributed by atoms with E-state index >= 15 is 0 Å². The van der Waals surface area contributed by atoms with E-state index in [2.05, 4.69) is 10.3 Å². The fourth-order valence-corrected chi connectivity index (χ4v) is 3.27. The van der Waals surface area contributed by atoms with E-state index in [-0.39, 0.29) is 11.8 Å². The maximum Gasteiger partial charge on any atom is 0.331 e. The van der Waals surface area contributed by atoms with E-state index in [9.17, 15) is 14.4 Å². The summed E-state index contributed by atoms with van der Waals surface area (Å²) in [5.41, 5.74) is 0.445. The van der Waals surface area contributed by atoms with Crippen molar-refractivity contribution in [2.45, 2.75) is 20.0 Å². The number of hydrogen-bond donors (Lipinski definition) is 1. The van der Waals surface area contributed by atoms with Crippen LogP contribution in [-0.2, 0) is 14.1 Å².